The molecule has 28 heavy (non-hydrogen) atoms. The number of benzene rings is 2. The van der Waals surface area contributed by atoms with E-state index in [1.165, 1.54) is 19.2 Å². The quantitative estimate of drug-likeness (QED) is 0.519. The third-order valence-electron chi connectivity index (χ3n) is 4.07. The van der Waals surface area contributed by atoms with Crippen LogP contribution in [0, 0.1) is 6.92 Å². The van der Waals surface area contributed by atoms with Crippen molar-refractivity contribution in [1.29, 1.82) is 0 Å². The Kier molecular flexibility index (Phi) is 5.93. The van der Waals surface area contributed by atoms with E-state index in [1.807, 2.05) is 12.1 Å². The summed E-state index contributed by atoms with van der Waals surface area (Å²) in [6.07, 6.45) is 0. The highest BCUT2D eigenvalue weighted by Gasteiger charge is 2.15. The number of hydrogen-bond acceptors (Lipinski definition) is 5. The molecule has 0 atom stereocenters. The summed E-state index contributed by atoms with van der Waals surface area (Å²) >= 11 is 0. The number of rotatable bonds is 7. The van der Waals surface area contributed by atoms with Crippen molar-refractivity contribution in [2.45, 2.75) is 20.1 Å². The van der Waals surface area contributed by atoms with Crippen LogP contribution in [0.3, 0.4) is 0 Å². The standard InChI is InChI=1S/C21H18F2O5/c1-13-16(11-19(27-13)20(24)25-2)12-26-17-7-3-14(4-8-17)15-5-9-18(10-6-15)28-21(22)23/h3-11,21H,12H2,1-2H3. The van der Waals surface area contributed by atoms with E-state index >= 15 is 0 Å². The summed E-state index contributed by atoms with van der Waals surface area (Å²) in [5.74, 6) is 0.933. The summed E-state index contributed by atoms with van der Waals surface area (Å²) in [6.45, 7) is -0.856. The maximum Gasteiger partial charge on any atom is 0.387 e. The maximum atomic E-state index is 12.2. The van der Waals surface area contributed by atoms with Gasteiger partial charge in [0.15, 0.2) is 0 Å². The molecule has 1 heterocycles. The third-order valence-corrected chi connectivity index (χ3v) is 4.07. The fraction of sp³-hybridized carbons (Fsp3) is 0.190. The maximum absolute atomic E-state index is 12.2. The molecule has 0 saturated carbocycles. The lowest BCUT2D eigenvalue weighted by molar-refractivity contribution is -0.0498. The molecule has 7 heteroatoms. The van der Waals surface area contributed by atoms with Gasteiger partial charge in [-0.05, 0) is 48.4 Å². The summed E-state index contributed by atoms with van der Waals surface area (Å²) in [4.78, 5) is 11.5. The molecule has 0 aliphatic rings. The van der Waals surface area contributed by atoms with E-state index in [0.29, 0.717) is 11.5 Å². The first-order valence-corrected chi connectivity index (χ1v) is 8.42. The molecule has 0 aliphatic heterocycles. The number of aryl methyl sites for hydroxylation is 1. The van der Waals surface area contributed by atoms with Crippen molar-refractivity contribution >= 4 is 5.97 Å². The highest BCUT2D eigenvalue weighted by Crippen LogP contribution is 2.26. The molecule has 3 aromatic rings. The summed E-state index contributed by atoms with van der Waals surface area (Å²) < 4.78 is 44.5. The monoisotopic (exact) mass is 388 g/mol. The molecule has 0 spiro atoms. The minimum Gasteiger partial charge on any atom is -0.489 e. The zero-order valence-corrected chi connectivity index (χ0v) is 15.3. The first-order chi connectivity index (χ1) is 13.5. The van der Waals surface area contributed by atoms with Crippen LogP contribution in [0.25, 0.3) is 11.1 Å². The topological polar surface area (TPSA) is 57.9 Å². The van der Waals surface area contributed by atoms with Crippen LogP contribution in [0.15, 0.2) is 59.0 Å². The largest absolute Gasteiger partial charge is 0.489 e. The van der Waals surface area contributed by atoms with Gasteiger partial charge in [-0.25, -0.2) is 4.79 Å². The number of furan rings is 1. The van der Waals surface area contributed by atoms with E-state index in [-0.39, 0.29) is 18.1 Å². The van der Waals surface area contributed by atoms with Crippen LogP contribution >= 0.6 is 0 Å². The predicted octanol–water partition coefficient (Wildman–Crippen LogP) is 5.22. The Morgan fingerprint density at radius 1 is 1.00 bits per heavy atom. The number of carbonyl (C=O) groups excluding carboxylic acids is 1. The van der Waals surface area contributed by atoms with Crippen molar-refractivity contribution in [1.82, 2.24) is 0 Å². The zero-order chi connectivity index (χ0) is 20.1. The van der Waals surface area contributed by atoms with Crippen molar-refractivity contribution in [2.24, 2.45) is 0 Å². The van der Waals surface area contributed by atoms with Gasteiger partial charge in [-0.15, -0.1) is 0 Å². The number of esters is 1. The lowest BCUT2D eigenvalue weighted by Crippen LogP contribution is -2.01. The minimum atomic E-state index is -2.84. The van der Waals surface area contributed by atoms with Crippen molar-refractivity contribution < 1.29 is 32.2 Å². The van der Waals surface area contributed by atoms with E-state index < -0.39 is 12.6 Å². The van der Waals surface area contributed by atoms with Gasteiger partial charge >= 0.3 is 12.6 Å². The Labute approximate surface area is 160 Å². The summed E-state index contributed by atoms with van der Waals surface area (Å²) in [7, 11) is 1.29. The summed E-state index contributed by atoms with van der Waals surface area (Å²) in [6, 6.07) is 15.3. The normalized spacial score (nSPS) is 10.8. The molecule has 0 fully saturated rings. The molecule has 1 aromatic heterocycles. The fourth-order valence-electron chi connectivity index (χ4n) is 2.60. The van der Waals surface area contributed by atoms with Crippen LogP contribution < -0.4 is 9.47 Å². The minimum absolute atomic E-state index is 0.112. The van der Waals surface area contributed by atoms with Gasteiger partial charge in [0.1, 0.15) is 23.9 Å². The van der Waals surface area contributed by atoms with Crippen LogP contribution in [-0.2, 0) is 11.3 Å². The van der Waals surface area contributed by atoms with Gasteiger partial charge in [0.2, 0.25) is 5.76 Å². The fourth-order valence-corrected chi connectivity index (χ4v) is 2.60. The second-order valence-electron chi connectivity index (χ2n) is 5.90. The molecule has 0 bridgehead atoms. The average molecular weight is 388 g/mol. The lowest BCUT2D eigenvalue weighted by Gasteiger charge is -2.08. The molecular formula is C21H18F2O5. The molecule has 5 nitrogen and oxygen atoms in total. The Bertz CT molecular complexity index is 930. The molecular weight excluding hydrogens is 370 g/mol. The molecule has 0 amide bonds. The van der Waals surface area contributed by atoms with Gasteiger partial charge in [0.05, 0.1) is 7.11 Å². The van der Waals surface area contributed by atoms with Crippen molar-refractivity contribution in [3.05, 3.63) is 71.7 Å². The predicted molar refractivity (Wildman–Crippen MR) is 97.6 cm³/mol. The Balaban J connectivity index is 1.63. The number of ether oxygens (including phenoxy) is 3. The molecule has 2 aromatic carbocycles. The van der Waals surface area contributed by atoms with E-state index in [4.69, 9.17) is 9.15 Å². The van der Waals surface area contributed by atoms with Gasteiger partial charge in [0, 0.05) is 5.56 Å². The molecule has 3 rings (SSSR count). The molecule has 0 aliphatic carbocycles. The van der Waals surface area contributed by atoms with Gasteiger partial charge in [-0.2, -0.15) is 8.78 Å². The third kappa shape index (κ3) is 4.68. The molecule has 0 N–H and O–H groups in total. The van der Waals surface area contributed by atoms with Gasteiger partial charge < -0.3 is 18.6 Å². The molecule has 146 valence electrons. The van der Waals surface area contributed by atoms with Crippen LogP contribution in [0.5, 0.6) is 11.5 Å². The van der Waals surface area contributed by atoms with Crippen LogP contribution in [0.2, 0.25) is 0 Å². The first kappa shape index (κ1) is 19.4. The van der Waals surface area contributed by atoms with Crippen molar-refractivity contribution in [2.75, 3.05) is 7.11 Å². The van der Waals surface area contributed by atoms with Gasteiger partial charge in [0.25, 0.3) is 0 Å². The highest BCUT2D eigenvalue weighted by molar-refractivity contribution is 5.86. The Hall–Kier alpha value is -3.35. The summed E-state index contributed by atoms with van der Waals surface area (Å²) in [5, 5.41) is 0. The van der Waals surface area contributed by atoms with Crippen molar-refractivity contribution in [3.8, 4) is 22.6 Å². The van der Waals surface area contributed by atoms with E-state index in [0.717, 1.165) is 16.7 Å². The smallest absolute Gasteiger partial charge is 0.387 e. The molecule has 0 radical (unpaired) electrons. The molecule has 0 saturated heterocycles. The number of methoxy groups -OCH3 is 1. The first-order valence-electron chi connectivity index (χ1n) is 8.42. The number of alkyl halides is 2. The number of carbonyl (C=O) groups is 1. The van der Waals surface area contributed by atoms with E-state index in [9.17, 15) is 13.6 Å². The van der Waals surface area contributed by atoms with Crippen LogP contribution in [-0.4, -0.2) is 19.7 Å². The average Bonchev–Trinajstić information content (AvgIpc) is 3.07. The Morgan fingerprint density at radius 2 is 1.57 bits per heavy atom. The second-order valence-corrected chi connectivity index (χ2v) is 5.90. The lowest BCUT2D eigenvalue weighted by atomic mass is 10.1. The van der Waals surface area contributed by atoms with E-state index in [2.05, 4.69) is 9.47 Å². The Morgan fingerprint density at radius 3 is 2.11 bits per heavy atom. The van der Waals surface area contributed by atoms with Gasteiger partial charge in [-0.3, -0.25) is 0 Å². The van der Waals surface area contributed by atoms with Crippen LogP contribution in [0.1, 0.15) is 21.9 Å². The SMILES string of the molecule is COC(=O)c1cc(COc2ccc(-c3ccc(OC(F)F)cc3)cc2)c(C)o1. The van der Waals surface area contributed by atoms with Crippen molar-refractivity contribution in [3.63, 3.8) is 0 Å². The number of hydrogen-bond donors (Lipinski definition) is 0. The second kappa shape index (κ2) is 8.56. The van der Waals surface area contributed by atoms with Crippen LogP contribution in [0.4, 0.5) is 8.78 Å². The number of halogens is 2. The molecule has 0 unspecified atom stereocenters. The zero-order valence-electron chi connectivity index (χ0n) is 15.3. The summed E-state index contributed by atoms with van der Waals surface area (Å²) in [5.41, 5.74) is 2.52. The highest BCUT2D eigenvalue weighted by atomic mass is 19.3. The van der Waals surface area contributed by atoms with E-state index in [1.54, 1.807) is 37.3 Å². The van der Waals surface area contributed by atoms with Gasteiger partial charge in [-0.1, -0.05) is 24.3 Å².